The fourth-order valence-electron chi connectivity index (χ4n) is 2.56. The van der Waals surface area contributed by atoms with Crippen molar-refractivity contribution >= 4 is 35.9 Å². The Hall–Kier alpha value is -2.00. The summed E-state index contributed by atoms with van der Waals surface area (Å²) >= 11 is 0. The number of nitrogens with two attached hydrogens (primary N) is 1. The second-order valence-electron chi connectivity index (χ2n) is 7.94. The highest BCUT2D eigenvalue weighted by molar-refractivity contribution is 8.13. The van der Waals surface area contributed by atoms with Gasteiger partial charge < -0.3 is 14.0 Å². The summed E-state index contributed by atoms with van der Waals surface area (Å²) in [6.45, 7) is 5.95. The molecule has 0 aliphatic carbocycles. The lowest BCUT2D eigenvalue weighted by Crippen LogP contribution is -2.61. The molecule has 0 bridgehead atoms. The molecule has 21 heteroatoms. The third kappa shape index (κ3) is 5.72. The van der Waals surface area contributed by atoms with Crippen LogP contribution in [0.4, 0.5) is 45.2 Å². The Balaban J connectivity index is 3.65. The maximum absolute atomic E-state index is 14.3. The lowest BCUT2D eigenvalue weighted by molar-refractivity contribution is -0.245. The van der Waals surface area contributed by atoms with Gasteiger partial charge in [0, 0.05) is 5.69 Å². The van der Waals surface area contributed by atoms with Crippen LogP contribution >= 0.6 is 0 Å². The Morgan fingerprint density at radius 3 is 1.43 bits per heavy atom. The summed E-state index contributed by atoms with van der Waals surface area (Å²) in [5, 5.41) is -14.7. The number of alkyl halides is 9. The summed E-state index contributed by atoms with van der Waals surface area (Å²) in [6.07, 6.45) is 0. The molecule has 9 nitrogen and oxygen atoms in total. The number of sulfonamides is 2. The van der Waals surface area contributed by atoms with Crippen LogP contribution in [0.25, 0.3) is 4.13 Å². The average molecular weight is 618 g/mol. The zero-order valence-corrected chi connectivity index (χ0v) is 21.3. The van der Waals surface area contributed by atoms with Crippen molar-refractivity contribution in [1.29, 1.82) is 0 Å². The molecule has 0 saturated heterocycles. The largest absolute Gasteiger partial charge is 0.480 e. The van der Waals surface area contributed by atoms with Crippen LogP contribution in [-0.4, -0.2) is 47.2 Å². The van der Waals surface area contributed by atoms with Gasteiger partial charge in [-0.1, -0.05) is 27.7 Å². The third-order valence-corrected chi connectivity index (χ3v) is 8.88. The van der Waals surface area contributed by atoms with Gasteiger partial charge in [-0.25, -0.2) is 16.8 Å². The molecule has 37 heavy (non-hydrogen) atoms. The van der Waals surface area contributed by atoms with E-state index < -0.39 is 69.7 Å². The predicted molar refractivity (Wildman–Crippen MR) is 111 cm³/mol. The highest BCUT2D eigenvalue weighted by Crippen LogP contribution is 2.53. The minimum atomic E-state index is -8.00. The van der Waals surface area contributed by atoms with Gasteiger partial charge in [0.15, 0.2) is 20.0 Å². The molecule has 0 saturated carbocycles. The molecule has 0 aliphatic heterocycles. The number of benzene rings is 1. The molecule has 0 atom stereocenters. The average Bonchev–Trinajstić information content (AvgIpc) is 2.66. The standard InChI is InChI=1S/C16H18F9N2O7S3/c1-7(2)10-5-9(6-11(8(3)4)12(10)26)34-37(32,33)15(21,22)13(17,18)14(19,20)35(28,29)27-36(30,31)16(23,24)25/h5-8H,26H2,1-4H3/q-1. The van der Waals surface area contributed by atoms with Crippen molar-refractivity contribution in [2.45, 2.75) is 61.5 Å². The first-order valence-corrected chi connectivity index (χ1v) is 13.7. The number of nitrogen functional groups attached to an aromatic ring is 1. The highest BCUT2D eigenvalue weighted by Gasteiger charge is 2.81. The first-order valence-electron chi connectivity index (χ1n) is 9.38. The molecular weight excluding hydrogens is 599 g/mol. The topological polar surface area (TPSA) is 152 Å². The molecular formula is C16H18F9N2O7S3-. The van der Waals surface area contributed by atoms with E-state index in [2.05, 4.69) is 4.18 Å². The summed E-state index contributed by atoms with van der Waals surface area (Å²) in [5.41, 5.74) is -0.714. The first kappa shape index (κ1) is 33.0. The van der Waals surface area contributed by atoms with Gasteiger partial charge in [-0.15, -0.1) is 0 Å². The van der Waals surface area contributed by atoms with E-state index in [1.807, 2.05) is 0 Å². The fourth-order valence-corrected chi connectivity index (χ4v) is 5.72. The Morgan fingerprint density at radius 1 is 0.730 bits per heavy atom. The van der Waals surface area contributed by atoms with E-state index in [9.17, 15) is 64.8 Å². The zero-order valence-electron chi connectivity index (χ0n) is 18.8. The number of hydrogen-bond donors (Lipinski definition) is 1. The number of hydrogen-bond acceptors (Lipinski definition) is 8. The van der Waals surface area contributed by atoms with Gasteiger partial charge in [-0.3, -0.25) is 0 Å². The van der Waals surface area contributed by atoms with Crippen LogP contribution in [0.2, 0.25) is 0 Å². The molecule has 1 aromatic rings. The molecule has 1 aromatic carbocycles. The summed E-state index contributed by atoms with van der Waals surface area (Å²) in [6, 6.07) is 1.38. The number of rotatable bonds is 10. The van der Waals surface area contributed by atoms with Crippen LogP contribution in [0.15, 0.2) is 12.1 Å². The maximum atomic E-state index is 14.3. The maximum Gasteiger partial charge on any atom is 0.480 e. The number of halogens is 9. The Labute approximate surface area is 205 Å². The summed E-state index contributed by atoms with van der Waals surface area (Å²) in [7, 11) is -22.7. The summed E-state index contributed by atoms with van der Waals surface area (Å²) in [5.74, 6) is -9.83. The monoisotopic (exact) mass is 617 g/mol. The number of nitrogens with zero attached hydrogens (tertiary/aromatic N) is 1. The molecule has 216 valence electrons. The normalized spacial score (nSPS) is 14.9. The quantitative estimate of drug-likeness (QED) is 0.227. The molecule has 0 fully saturated rings. The SMILES string of the molecule is CC(C)c1cc(OS(=O)(=O)C(F)(F)C(F)(F)C(F)(F)S(=O)(=O)[N-]S(=O)(=O)C(F)(F)F)cc(C(C)C)c1N. The number of anilines is 1. The van der Waals surface area contributed by atoms with Crippen LogP contribution in [0.1, 0.15) is 50.7 Å². The van der Waals surface area contributed by atoms with E-state index in [1.54, 1.807) is 0 Å². The first-order chi connectivity index (χ1) is 16.1. The van der Waals surface area contributed by atoms with Gasteiger partial charge in [0.2, 0.25) is 0 Å². The predicted octanol–water partition coefficient (Wildman–Crippen LogP) is 4.60. The molecule has 0 aliphatic rings. The zero-order chi connectivity index (χ0) is 29.8. The van der Waals surface area contributed by atoms with Crippen molar-refractivity contribution < 1.29 is 69.0 Å². The fraction of sp³-hybridized carbons (Fsp3) is 0.625. The van der Waals surface area contributed by atoms with Crippen molar-refractivity contribution in [2.24, 2.45) is 0 Å². The van der Waals surface area contributed by atoms with Gasteiger partial charge in [0.25, 0.3) is 0 Å². The lowest BCUT2D eigenvalue weighted by atomic mass is 9.92. The van der Waals surface area contributed by atoms with Crippen molar-refractivity contribution in [3.05, 3.63) is 27.4 Å². The Morgan fingerprint density at radius 2 is 1.11 bits per heavy atom. The van der Waals surface area contributed by atoms with Crippen LogP contribution in [0.3, 0.4) is 0 Å². The minimum Gasteiger partial charge on any atom is -0.423 e. The molecule has 0 aromatic heterocycles. The smallest absolute Gasteiger partial charge is 0.423 e. The van der Waals surface area contributed by atoms with Crippen LogP contribution in [0.5, 0.6) is 5.75 Å². The van der Waals surface area contributed by atoms with Gasteiger partial charge in [-0.2, -0.15) is 47.9 Å². The van der Waals surface area contributed by atoms with Crippen molar-refractivity contribution in [1.82, 2.24) is 0 Å². The second-order valence-corrected chi connectivity index (χ2v) is 13.0. The molecule has 0 spiro atoms. The van der Waals surface area contributed by atoms with Crippen LogP contribution < -0.4 is 9.92 Å². The van der Waals surface area contributed by atoms with E-state index in [1.165, 1.54) is 27.7 Å². The second kappa shape index (κ2) is 9.63. The van der Waals surface area contributed by atoms with E-state index >= 15 is 0 Å². The Bertz CT molecular complexity index is 1330. The highest BCUT2D eigenvalue weighted by atomic mass is 32.3. The molecule has 1 rings (SSSR count). The molecule has 0 heterocycles. The van der Waals surface area contributed by atoms with E-state index in [0.717, 1.165) is 0 Å². The molecule has 0 amide bonds. The van der Waals surface area contributed by atoms with E-state index in [-0.39, 0.29) is 16.8 Å². The van der Waals surface area contributed by atoms with E-state index in [4.69, 9.17) is 5.73 Å². The molecule has 2 N–H and O–H groups in total. The molecule has 0 radical (unpaired) electrons. The van der Waals surface area contributed by atoms with Crippen molar-refractivity contribution in [3.63, 3.8) is 0 Å². The van der Waals surface area contributed by atoms with Gasteiger partial charge in [0.1, 0.15) is 5.75 Å². The Kier molecular flexibility index (Phi) is 8.60. The van der Waals surface area contributed by atoms with Crippen LogP contribution in [-0.2, 0) is 30.2 Å². The summed E-state index contributed by atoms with van der Waals surface area (Å²) in [4.78, 5) is 0. The van der Waals surface area contributed by atoms with Gasteiger partial charge >= 0.3 is 32.1 Å². The third-order valence-electron chi connectivity index (χ3n) is 4.53. The van der Waals surface area contributed by atoms with E-state index in [0.29, 0.717) is 16.3 Å². The van der Waals surface area contributed by atoms with Crippen molar-refractivity contribution in [2.75, 3.05) is 5.73 Å². The van der Waals surface area contributed by atoms with Crippen LogP contribution in [0, 0.1) is 0 Å². The van der Waals surface area contributed by atoms with Gasteiger partial charge in [0.05, 0.1) is 0 Å². The minimum absolute atomic E-state index is 0.0250. The lowest BCUT2D eigenvalue weighted by Gasteiger charge is -2.35. The van der Waals surface area contributed by atoms with Gasteiger partial charge in [-0.05, 0) is 35.1 Å². The molecule has 0 unspecified atom stereocenters. The summed E-state index contributed by atoms with van der Waals surface area (Å²) < 4.78 is 194. The van der Waals surface area contributed by atoms with Crippen molar-refractivity contribution in [3.8, 4) is 5.75 Å².